The van der Waals surface area contributed by atoms with Crippen LogP contribution in [-0.2, 0) is 11.2 Å². The lowest BCUT2D eigenvalue weighted by atomic mass is 10.1. The van der Waals surface area contributed by atoms with E-state index in [-0.39, 0.29) is 0 Å². The van der Waals surface area contributed by atoms with E-state index in [0.29, 0.717) is 11.9 Å². The van der Waals surface area contributed by atoms with Gasteiger partial charge in [0.15, 0.2) is 0 Å². The van der Waals surface area contributed by atoms with Gasteiger partial charge < -0.3 is 15.5 Å². The number of aromatic nitrogens is 2. The Hall–Kier alpha value is -1.44. The number of nitrogens with zero attached hydrogens (tertiary/aromatic N) is 3. The van der Waals surface area contributed by atoms with E-state index in [1.54, 1.807) is 0 Å². The van der Waals surface area contributed by atoms with Crippen LogP contribution < -0.4 is 16.6 Å². The van der Waals surface area contributed by atoms with Crippen LogP contribution in [0.25, 0.3) is 0 Å². The highest BCUT2D eigenvalue weighted by Crippen LogP contribution is 2.21. The van der Waals surface area contributed by atoms with Crippen LogP contribution in [0.5, 0.6) is 0 Å². The van der Waals surface area contributed by atoms with Crippen LogP contribution in [0, 0.1) is 0 Å². The molecule has 2 heterocycles. The van der Waals surface area contributed by atoms with Crippen molar-refractivity contribution < 1.29 is 4.74 Å². The number of hydrazine groups is 1. The van der Waals surface area contributed by atoms with E-state index in [0.717, 1.165) is 57.1 Å². The number of nitrogens with two attached hydrogens (primary N) is 1. The minimum atomic E-state index is 0.305. The normalized spacial score (nSPS) is 17.5. The van der Waals surface area contributed by atoms with E-state index >= 15 is 0 Å². The molecular formula is C14H26N6O. The average molecular weight is 294 g/mol. The number of ether oxygens (including phenoxy) is 1. The Kier molecular flexibility index (Phi) is 6.16. The molecule has 1 unspecified atom stereocenters. The minimum absolute atomic E-state index is 0.305. The molecule has 118 valence electrons. The number of anilines is 2. The second-order valence-corrected chi connectivity index (χ2v) is 5.40. The molecule has 7 nitrogen and oxygen atoms in total. The fourth-order valence-electron chi connectivity index (χ4n) is 2.60. The first-order valence-corrected chi connectivity index (χ1v) is 7.61. The molecule has 21 heavy (non-hydrogen) atoms. The molecule has 1 aromatic heterocycles. The number of nitrogens with one attached hydrogen (secondary N) is 2. The Bertz CT molecular complexity index is 435. The molecule has 0 aliphatic carbocycles. The van der Waals surface area contributed by atoms with E-state index in [1.165, 1.54) is 6.33 Å². The first kappa shape index (κ1) is 15.9. The first-order valence-electron chi connectivity index (χ1n) is 7.61. The Morgan fingerprint density at radius 2 is 2.05 bits per heavy atom. The van der Waals surface area contributed by atoms with E-state index in [1.807, 2.05) is 0 Å². The molecule has 0 saturated carbocycles. The summed E-state index contributed by atoms with van der Waals surface area (Å²) in [7, 11) is 0. The van der Waals surface area contributed by atoms with Gasteiger partial charge in [0.1, 0.15) is 18.0 Å². The van der Waals surface area contributed by atoms with E-state index in [4.69, 9.17) is 10.6 Å². The summed E-state index contributed by atoms with van der Waals surface area (Å²) >= 11 is 0. The lowest BCUT2D eigenvalue weighted by molar-refractivity contribution is 0.0368. The molecule has 1 aliphatic rings. The summed E-state index contributed by atoms with van der Waals surface area (Å²) < 4.78 is 5.38. The van der Waals surface area contributed by atoms with Gasteiger partial charge in [-0.2, -0.15) is 0 Å². The van der Waals surface area contributed by atoms with Crippen molar-refractivity contribution in [2.45, 2.75) is 32.7 Å². The molecular weight excluding hydrogens is 268 g/mol. The summed E-state index contributed by atoms with van der Waals surface area (Å²) in [4.78, 5) is 11.0. The molecule has 4 N–H and O–H groups in total. The molecule has 7 heteroatoms. The third-order valence-corrected chi connectivity index (χ3v) is 3.60. The lowest BCUT2D eigenvalue weighted by Gasteiger charge is -2.29. The van der Waals surface area contributed by atoms with Gasteiger partial charge in [-0.05, 0) is 13.3 Å². The Labute approximate surface area is 126 Å². The maximum Gasteiger partial charge on any atom is 0.148 e. The Morgan fingerprint density at radius 3 is 2.71 bits per heavy atom. The standard InChI is InChI=1S/C14H26N6O/c1-3-4-12-13(16-10-17-14(12)19-15)18-11(2)9-20-5-7-21-8-6-20/h10-11H,3-9,15H2,1-2H3,(H2,16,17,18,19). The summed E-state index contributed by atoms with van der Waals surface area (Å²) in [5.41, 5.74) is 3.71. The van der Waals surface area contributed by atoms with Gasteiger partial charge in [-0.1, -0.05) is 13.3 Å². The molecule has 1 fully saturated rings. The lowest BCUT2D eigenvalue weighted by Crippen LogP contribution is -2.42. The summed E-state index contributed by atoms with van der Waals surface area (Å²) in [5, 5.41) is 3.49. The van der Waals surface area contributed by atoms with Crippen molar-refractivity contribution in [1.29, 1.82) is 0 Å². The van der Waals surface area contributed by atoms with Gasteiger partial charge in [-0.3, -0.25) is 4.90 Å². The quantitative estimate of drug-likeness (QED) is 0.507. The first-order chi connectivity index (χ1) is 10.2. The highest BCUT2D eigenvalue weighted by atomic mass is 16.5. The SMILES string of the molecule is CCCc1c(NN)ncnc1NC(C)CN1CCOCC1. The molecule has 1 saturated heterocycles. The van der Waals surface area contributed by atoms with Crippen LogP contribution in [0.3, 0.4) is 0 Å². The van der Waals surface area contributed by atoms with Crippen LogP contribution in [0.15, 0.2) is 6.33 Å². The minimum Gasteiger partial charge on any atom is -0.379 e. The van der Waals surface area contributed by atoms with Crippen molar-refractivity contribution in [2.24, 2.45) is 5.84 Å². The summed E-state index contributed by atoms with van der Waals surface area (Å²) in [6.45, 7) is 8.91. The Morgan fingerprint density at radius 1 is 1.33 bits per heavy atom. The van der Waals surface area contributed by atoms with Crippen molar-refractivity contribution >= 4 is 11.6 Å². The summed E-state index contributed by atoms with van der Waals surface area (Å²) in [6.07, 6.45) is 3.46. The number of nitrogen functional groups attached to an aromatic ring is 1. The van der Waals surface area contributed by atoms with Crippen molar-refractivity contribution in [3.05, 3.63) is 11.9 Å². The third kappa shape index (κ3) is 4.52. The molecule has 1 atom stereocenters. The largest absolute Gasteiger partial charge is 0.379 e. The summed E-state index contributed by atoms with van der Waals surface area (Å²) in [6, 6.07) is 0.305. The predicted octanol–water partition coefficient (Wildman–Crippen LogP) is 0.847. The van der Waals surface area contributed by atoms with Gasteiger partial charge in [0.25, 0.3) is 0 Å². The molecule has 2 rings (SSSR count). The average Bonchev–Trinajstić information content (AvgIpc) is 2.50. The number of rotatable bonds is 7. The van der Waals surface area contributed by atoms with E-state index in [2.05, 4.69) is 39.5 Å². The smallest absolute Gasteiger partial charge is 0.148 e. The summed E-state index contributed by atoms with van der Waals surface area (Å²) in [5.74, 6) is 7.12. The number of hydrogen-bond acceptors (Lipinski definition) is 7. The fourth-order valence-corrected chi connectivity index (χ4v) is 2.60. The molecule has 1 aromatic rings. The topological polar surface area (TPSA) is 88.3 Å². The van der Waals surface area contributed by atoms with Gasteiger partial charge in [0, 0.05) is 31.2 Å². The van der Waals surface area contributed by atoms with Gasteiger partial charge in [0.05, 0.1) is 13.2 Å². The van der Waals surface area contributed by atoms with Gasteiger partial charge >= 0.3 is 0 Å². The second kappa shape index (κ2) is 8.11. The van der Waals surface area contributed by atoms with E-state index in [9.17, 15) is 0 Å². The molecule has 0 radical (unpaired) electrons. The van der Waals surface area contributed by atoms with Crippen LogP contribution in [-0.4, -0.2) is 53.8 Å². The second-order valence-electron chi connectivity index (χ2n) is 5.40. The van der Waals surface area contributed by atoms with Gasteiger partial charge in [-0.15, -0.1) is 0 Å². The Balaban J connectivity index is 2.00. The highest BCUT2D eigenvalue weighted by Gasteiger charge is 2.16. The molecule has 1 aliphatic heterocycles. The zero-order chi connectivity index (χ0) is 15.1. The van der Waals surface area contributed by atoms with Crippen molar-refractivity contribution in [3.8, 4) is 0 Å². The van der Waals surface area contributed by atoms with Crippen LogP contribution in [0.2, 0.25) is 0 Å². The predicted molar refractivity (Wildman–Crippen MR) is 84.2 cm³/mol. The fraction of sp³-hybridized carbons (Fsp3) is 0.714. The van der Waals surface area contributed by atoms with Crippen LogP contribution in [0.4, 0.5) is 11.6 Å². The van der Waals surface area contributed by atoms with Crippen molar-refractivity contribution in [2.75, 3.05) is 43.6 Å². The molecule has 0 spiro atoms. The van der Waals surface area contributed by atoms with E-state index < -0.39 is 0 Å². The van der Waals surface area contributed by atoms with Crippen LogP contribution >= 0.6 is 0 Å². The zero-order valence-corrected chi connectivity index (χ0v) is 12.9. The van der Waals surface area contributed by atoms with Crippen LogP contribution in [0.1, 0.15) is 25.8 Å². The van der Waals surface area contributed by atoms with Gasteiger partial charge in [-0.25, -0.2) is 15.8 Å². The molecule has 0 bridgehead atoms. The highest BCUT2D eigenvalue weighted by molar-refractivity contribution is 5.57. The molecule has 0 aromatic carbocycles. The number of morpholine rings is 1. The number of hydrogen-bond donors (Lipinski definition) is 3. The maximum atomic E-state index is 5.54. The monoisotopic (exact) mass is 294 g/mol. The van der Waals surface area contributed by atoms with Crippen molar-refractivity contribution in [3.63, 3.8) is 0 Å². The van der Waals surface area contributed by atoms with Crippen molar-refractivity contribution in [1.82, 2.24) is 14.9 Å². The molecule has 0 amide bonds. The van der Waals surface area contributed by atoms with Gasteiger partial charge in [0.2, 0.25) is 0 Å². The maximum absolute atomic E-state index is 5.54. The zero-order valence-electron chi connectivity index (χ0n) is 12.9. The third-order valence-electron chi connectivity index (χ3n) is 3.60.